The van der Waals surface area contributed by atoms with Gasteiger partial charge in [-0.3, -0.25) is 10.1 Å². The van der Waals surface area contributed by atoms with E-state index in [2.05, 4.69) is 15.9 Å². The third-order valence-electron chi connectivity index (χ3n) is 3.36. The summed E-state index contributed by atoms with van der Waals surface area (Å²) in [7, 11) is 0. The second-order valence-corrected chi connectivity index (χ2v) is 6.56. The predicted molar refractivity (Wildman–Crippen MR) is 103 cm³/mol. The van der Waals surface area contributed by atoms with Gasteiger partial charge in [-0.2, -0.15) is 18.4 Å². The van der Waals surface area contributed by atoms with Gasteiger partial charge in [-0.15, -0.1) is 0 Å². The van der Waals surface area contributed by atoms with E-state index in [0.29, 0.717) is 22.2 Å². The molecule has 0 unspecified atom stereocenters. The lowest BCUT2D eigenvalue weighted by Gasteiger charge is -2.11. The van der Waals surface area contributed by atoms with Crippen LogP contribution < -0.4 is 10.5 Å². The highest BCUT2D eigenvalue weighted by atomic mass is 79.9. The minimum absolute atomic E-state index is 0.0777. The molecule has 0 aliphatic rings. The molecule has 2 aromatic carbocycles. The monoisotopic (exact) mass is 471 g/mol. The van der Waals surface area contributed by atoms with Crippen LogP contribution in [0, 0.1) is 21.4 Å². The summed E-state index contributed by atoms with van der Waals surface area (Å²) in [6, 6.07) is 8.28. The second kappa shape index (κ2) is 8.37. The molecular formula is C17H9BrF3N3O3S. The molecule has 2 N–H and O–H groups in total. The molecule has 0 spiro atoms. The van der Waals surface area contributed by atoms with Gasteiger partial charge >= 0.3 is 11.9 Å². The quantitative estimate of drug-likeness (QED) is 0.207. The Balaban J connectivity index is 2.40. The van der Waals surface area contributed by atoms with Crippen LogP contribution in [-0.2, 0) is 6.18 Å². The summed E-state index contributed by atoms with van der Waals surface area (Å²) in [5.74, 6) is -0.239. The summed E-state index contributed by atoms with van der Waals surface area (Å²) in [5, 5.41) is 20.1. The number of thiocarbonyl (C=S) groups is 1. The third kappa shape index (κ3) is 5.05. The predicted octanol–water partition coefficient (Wildman–Crippen LogP) is 5.36. The maximum absolute atomic E-state index is 12.8. The topological polar surface area (TPSA) is 102 Å². The summed E-state index contributed by atoms with van der Waals surface area (Å²) in [6.45, 7) is 0. The van der Waals surface area contributed by atoms with Crippen molar-refractivity contribution in [1.29, 1.82) is 5.26 Å². The van der Waals surface area contributed by atoms with E-state index in [1.807, 2.05) is 6.07 Å². The molecular weight excluding hydrogens is 463 g/mol. The van der Waals surface area contributed by atoms with E-state index in [1.165, 1.54) is 24.3 Å². The summed E-state index contributed by atoms with van der Waals surface area (Å²) in [6.07, 6.45) is -3.29. The lowest BCUT2D eigenvalue weighted by atomic mass is 10.1. The number of nitro groups is 1. The fourth-order valence-electron chi connectivity index (χ4n) is 2.06. The van der Waals surface area contributed by atoms with Crippen LogP contribution in [-0.4, -0.2) is 9.91 Å². The normalized spacial score (nSPS) is 11.6. The first kappa shape index (κ1) is 21.3. The summed E-state index contributed by atoms with van der Waals surface area (Å²) >= 11 is 7.95. The van der Waals surface area contributed by atoms with E-state index >= 15 is 0 Å². The van der Waals surface area contributed by atoms with Gasteiger partial charge in [-0.25, -0.2) is 0 Å². The number of benzene rings is 2. The number of hydrogen-bond acceptors (Lipinski definition) is 5. The molecule has 0 aliphatic heterocycles. The van der Waals surface area contributed by atoms with Crippen molar-refractivity contribution in [3.8, 4) is 17.6 Å². The van der Waals surface area contributed by atoms with Crippen LogP contribution in [0.4, 0.5) is 18.9 Å². The Morgan fingerprint density at radius 3 is 2.43 bits per heavy atom. The lowest BCUT2D eigenvalue weighted by Crippen LogP contribution is -2.09. The molecule has 0 bridgehead atoms. The van der Waals surface area contributed by atoms with Crippen LogP contribution in [0.25, 0.3) is 6.08 Å². The average Bonchev–Trinajstić information content (AvgIpc) is 2.60. The Bertz CT molecular complexity index is 1030. The maximum atomic E-state index is 12.8. The van der Waals surface area contributed by atoms with E-state index in [4.69, 9.17) is 28.0 Å². The molecule has 28 heavy (non-hydrogen) atoms. The molecule has 0 saturated heterocycles. The van der Waals surface area contributed by atoms with E-state index in [1.54, 1.807) is 0 Å². The second-order valence-electron chi connectivity index (χ2n) is 5.26. The van der Waals surface area contributed by atoms with Gasteiger partial charge in [0.05, 0.1) is 20.5 Å². The molecule has 144 valence electrons. The minimum Gasteiger partial charge on any atom is -0.449 e. The van der Waals surface area contributed by atoms with E-state index in [9.17, 15) is 23.3 Å². The Hall–Kier alpha value is -2.97. The first-order valence-corrected chi connectivity index (χ1v) is 8.47. The summed E-state index contributed by atoms with van der Waals surface area (Å²) in [4.78, 5) is 10.1. The van der Waals surface area contributed by atoms with Crippen molar-refractivity contribution >= 4 is 44.9 Å². The Labute approximate surface area is 170 Å². The van der Waals surface area contributed by atoms with E-state index < -0.39 is 22.4 Å². The van der Waals surface area contributed by atoms with E-state index in [0.717, 1.165) is 6.07 Å². The standard InChI is InChI=1S/C17H9BrF3N3O3S/c18-12-6-9(5-10(8-22)16(23)28)1-3-14(12)27-15-4-2-11(17(19,20)21)7-13(15)24(25)26/h1-7H,(H2,23,28)/b10-5+. The van der Waals surface area contributed by atoms with Gasteiger partial charge < -0.3 is 10.5 Å². The van der Waals surface area contributed by atoms with Crippen LogP contribution >= 0.6 is 28.1 Å². The number of nitro benzene ring substituents is 1. The van der Waals surface area contributed by atoms with Gasteiger partial charge in [-0.05, 0) is 51.8 Å². The van der Waals surface area contributed by atoms with Crippen LogP contribution in [0.5, 0.6) is 11.5 Å². The molecule has 0 atom stereocenters. The SMILES string of the molecule is N#C/C(=C\c1ccc(Oc2ccc(C(F)(F)F)cc2[N+](=O)[O-])c(Br)c1)C(N)=S. The van der Waals surface area contributed by atoms with Crippen LogP contribution in [0.3, 0.4) is 0 Å². The first-order chi connectivity index (χ1) is 13.0. The molecule has 0 saturated carbocycles. The molecule has 0 radical (unpaired) electrons. The van der Waals surface area contributed by atoms with Crippen molar-refractivity contribution < 1.29 is 22.8 Å². The van der Waals surface area contributed by atoms with Gasteiger partial charge in [0.1, 0.15) is 16.8 Å². The van der Waals surface area contributed by atoms with Crippen molar-refractivity contribution in [1.82, 2.24) is 0 Å². The van der Waals surface area contributed by atoms with Crippen LogP contribution in [0.1, 0.15) is 11.1 Å². The third-order valence-corrected chi connectivity index (χ3v) is 4.20. The number of nitrogens with zero attached hydrogens (tertiary/aromatic N) is 2. The van der Waals surface area contributed by atoms with Gasteiger partial charge in [-0.1, -0.05) is 18.3 Å². The molecule has 11 heteroatoms. The Morgan fingerprint density at radius 2 is 1.93 bits per heavy atom. The zero-order chi connectivity index (χ0) is 21.1. The fraction of sp³-hybridized carbons (Fsp3) is 0.0588. The Morgan fingerprint density at radius 1 is 1.29 bits per heavy atom. The summed E-state index contributed by atoms with van der Waals surface area (Å²) in [5.41, 5.74) is 4.04. The molecule has 6 nitrogen and oxygen atoms in total. The number of rotatable bonds is 5. The zero-order valence-electron chi connectivity index (χ0n) is 13.7. The molecule has 2 rings (SSSR count). The molecule has 0 aromatic heterocycles. The van der Waals surface area contributed by atoms with Crippen molar-refractivity contribution in [2.75, 3.05) is 0 Å². The summed E-state index contributed by atoms with van der Waals surface area (Å²) < 4.78 is 44.1. The first-order valence-electron chi connectivity index (χ1n) is 7.27. The minimum atomic E-state index is -4.72. The molecule has 0 amide bonds. The van der Waals surface area contributed by atoms with Crippen LogP contribution in [0.2, 0.25) is 0 Å². The van der Waals surface area contributed by atoms with Gasteiger partial charge in [0, 0.05) is 6.07 Å². The molecule has 0 heterocycles. The highest BCUT2D eigenvalue weighted by Crippen LogP contribution is 2.39. The largest absolute Gasteiger partial charge is 0.449 e. The van der Waals surface area contributed by atoms with Gasteiger partial charge in [0.2, 0.25) is 5.75 Å². The van der Waals surface area contributed by atoms with E-state index in [-0.39, 0.29) is 22.1 Å². The lowest BCUT2D eigenvalue weighted by molar-refractivity contribution is -0.385. The Kier molecular flexibility index (Phi) is 6.37. The van der Waals surface area contributed by atoms with Gasteiger partial charge in [0.15, 0.2) is 0 Å². The van der Waals surface area contributed by atoms with Crippen molar-refractivity contribution in [2.45, 2.75) is 6.18 Å². The highest BCUT2D eigenvalue weighted by molar-refractivity contribution is 9.10. The average molecular weight is 472 g/mol. The number of hydrogen-bond donors (Lipinski definition) is 1. The van der Waals surface area contributed by atoms with Crippen molar-refractivity contribution in [3.05, 3.63) is 67.7 Å². The molecule has 0 aliphatic carbocycles. The zero-order valence-corrected chi connectivity index (χ0v) is 16.1. The van der Waals surface area contributed by atoms with Gasteiger partial charge in [0.25, 0.3) is 0 Å². The fourth-order valence-corrected chi connectivity index (χ4v) is 2.64. The van der Waals surface area contributed by atoms with Crippen molar-refractivity contribution in [2.24, 2.45) is 5.73 Å². The molecule has 2 aromatic rings. The highest BCUT2D eigenvalue weighted by Gasteiger charge is 2.33. The number of alkyl halides is 3. The number of nitrogens with two attached hydrogens (primary N) is 1. The molecule has 0 fully saturated rings. The number of ether oxygens (including phenoxy) is 1. The number of nitriles is 1. The van der Waals surface area contributed by atoms with Crippen molar-refractivity contribution in [3.63, 3.8) is 0 Å². The number of halogens is 4. The maximum Gasteiger partial charge on any atom is 0.416 e. The smallest absolute Gasteiger partial charge is 0.416 e. The van der Waals surface area contributed by atoms with Crippen LogP contribution in [0.15, 0.2) is 46.4 Å².